The third-order valence-electron chi connectivity index (χ3n) is 3.72. The molecule has 2 fully saturated rings. The summed E-state index contributed by atoms with van der Waals surface area (Å²) in [5.41, 5.74) is 6.85. The zero-order valence-corrected chi connectivity index (χ0v) is 10.2. The normalized spacial score (nSPS) is 22.8. The minimum atomic E-state index is 0.604. The van der Waals surface area contributed by atoms with E-state index in [1.54, 1.807) is 0 Å². The van der Waals surface area contributed by atoms with E-state index in [0.717, 1.165) is 12.6 Å². The van der Waals surface area contributed by atoms with Crippen LogP contribution in [0, 0.1) is 0 Å². The van der Waals surface area contributed by atoms with Crippen LogP contribution in [0.3, 0.4) is 0 Å². The van der Waals surface area contributed by atoms with Gasteiger partial charge >= 0.3 is 0 Å². The van der Waals surface area contributed by atoms with Gasteiger partial charge in [-0.1, -0.05) is 6.07 Å². The Hall–Kier alpha value is -1.13. The molecule has 1 saturated heterocycles. The SMILES string of the molecule is Nc1ccc(CN2CCN(C3CC3)CC2)cn1. The smallest absolute Gasteiger partial charge is 0.123 e. The van der Waals surface area contributed by atoms with E-state index in [1.165, 1.54) is 44.6 Å². The van der Waals surface area contributed by atoms with E-state index in [0.29, 0.717) is 5.82 Å². The van der Waals surface area contributed by atoms with E-state index >= 15 is 0 Å². The molecule has 1 aromatic rings. The molecule has 4 nitrogen and oxygen atoms in total. The monoisotopic (exact) mass is 232 g/mol. The van der Waals surface area contributed by atoms with Gasteiger partial charge in [0, 0.05) is 45.0 Å². The maximum absolute atomic E-state index is 5.59. The van der Waals surface area contributed by atoms with Crippen LogP contribution in [0.25, 0.3) is 0 Å². The number of piperazine rings is 1. The molecule has 0 atom stereocenters. The van der Waals surface area contributed by atoms with Gasteiger partial charge in [-0.3, -0.25) is 9.80 Å². The van der Waals surface area contributed by atoms with E-state index in [1.807, 2.05) is 12.3 Å². The molecule has 2 aliphatic rings. The molecule has 1 aromatic heterocycles. The molecule has 17 heavy (non-hydrogen) atoms. The highest BCUT2D eigenvalue weighted by molar-refractivity contribution is 5.29. The lowest BCUT2D eigenvalue weighted by molar-refractivity contribution is 0.121. The summed E-state index contributed by atoms with van der Waals surface area (Å²) >= 11 is 0. The van der Waals surface area contributed by atoms with Crippen LogP contribution >= 0.6 is 0 Å². The Morgan fingerprint density at radius 2 is 1.94 bits per heavy atom. The first kappa shape index (κ1) is 11.0. The summed E-state index contributed by atoms with van der Waals surface area (Å²) in [7, 11) is 0. The summed E-state index contributed by atoms with van der Waals surface area (Å²) in [6.45, 7) is 5.83. The number of hydrogen-bond acceptors (Lipinski definition) is 4. The standard InChI is InChI=1S/C13H20N4/c14-13-4-1-11(9-15-13)10-16-5-7-17(8-6-16)12-2-3-12/h1,4,9,12H,2-3,5-8,10H2,(H2,14,15). The lowest BCUT2D eigenvalue weighted by atomic mass is 10.2. The molecule has 2 heterocycles. The fraction of sp³-hybridized carbons (Fsp3) is 0.615. The predicted octanol–water partition coefficient (Wildman–Crippen LogP) is 0.944. The minimum absolute atomic E-state index is 0.604. The molecule has 0 bridgehead atoms. The molecule has 1 aliphatic carbocycles. The third kappa shape index (κ3) is 2.76. The van der Waals surface area contributed by atoms with Gasteiger partial charge in [0.15, 0.2) is 0 Å². The second-order valence-electron chi connectivity index (χ2n) is 5.13. The Kier molecular flexibility index (Phi) is 2.99. The topological polar surface area (TPSA) is 45.4 Å². The van der Waals surface area contributed by atoms with Crippen molar-refractivity contribution in [3.05, 3.63) is 23.9 Å². The number of anilines is 1. The first-order chi connectivity index (χ1) is 8.31. The second-order valence-corrected chi connectivity index (χ2v) is 5.13. The summed E-state index contributed by atoms with van der Waals surface area (Å²) in [4.78, 5) is 9.28. The van der Waals surface area contributed by atoms with Crippen molar-refractivity contribution >= 4 is 5.82 Å². The maximum Gasteiger partial charge on any atom is 0.123 e. The Morgan fingerprint density at radius 3 is 2.53 bits per heavy atom. The number of pyridine rings is 1. The van der Waals surface area contributed by atoms with E-state index in [2.05, 4.69) is 20.9 Å². The van der Waals surface area contributed by atoms with Crippen LogP contribution in [0.15, 0.2) is 18.3 Å². The summed E-state index contributed by atoms with van der Waals surface area (Å²) in [6.07, 6.45) is 4.73. The molecule has 0 aromatic carbocycles. The highest BCUT2D eigenvalue weighted by atomic mass is 15.3. The Bertz CT molecular complexity index is 364. The largest absolute Gasteiger partial charge is 0.384 e. The first-order valence-electron chi connectivity index (χ1n) is 6.48. The summed E-state index contributed by atoms with van der Waals surface area (Å²) in [5.74, 6) is 0.604. The van der Waals surface area contributed by atoms with Crippen molar-refractivity contribution in [3.8, 4) is 0 Å². The van der Waals surface area contributed by atoms with Gasteiger partial charge in [-0.15, -0.1) is 0 Å². The number of aromatic nitrogens is 1. The average molecular weight is 232 g/mol. The fourth-order valence-electron chi connectivity index (χ4n) is 2.51. The summed E-state index contributed by atoms with van der Waals surface area (Å²) < 4.78 is 0. The number of nitrogens with zero attached hydrogens (tertiary/aromatic N) is 3. The number of hydrogen-bond donors (Lipinski definition) is 1. The zero-order chi connectivity index (χ0) is 11.7. The van der Waals surface area contributed by atoms with Crippen LogP contribution in [0.5, 0.6) is 0 Å². The molecule has 0 spiro atoms. The van der Waals surface area contributed by atoms with Crippen molar-refractivity contribution in [3.63, 3.8) is 0 Å². The van der Waals surface area contributed by atoms with Crippen molar-refractivity contribution in [2.75, 3.05) is 31.9 Å². The lowest BCUT2D eigenvalue weighted by Gasteiger charge is -2.34. The quantitative estimate of drug-likeness (QED) is 0.842. The molecule has 1 saturated carbocycles. The zero-order valence-electron chi connectivity index (χ0n) is 10.2. The van der Waals surface area contributed by atoms with E-state index in [9.17, 15) is 0 Å². The van der Waals surface area contributed by atoms with Gasteiger partial charge in [-0.05, 0) is 24.5 Å². The Morgan fingerprint density at radius 1 is 1.18 bits per heavy atom. The van der Waals surface area contributed by atoms with Crippen LogP contribution in [0.1, 0.15) is 18.4 Å². The molecule has 0 radical (unpaired) electrons. The molecule has 0 amide bonds. The van der Waals surface area contributed by atoms with Crippen molar-refractivity contribution in [1.82, 2.24) is 14.8 Å². The van der Waals surface area contributed by atoms with Gasteiger partial charge in [0.25, 0.3) is 0 Å². The van der Waals surface area contributed by atoms with Gasteiger partial charge in [-0.25, -0.2) is 4.98 Å². The summed E-state index contributed by atoms with van der Waals surface area (Å²) in [6, 6.07) is 4.88. The average Bonchev–Trinajstić information content (AvgIpc) is 3.17. The number of rotatable bonds is 3. The molecule has 3 rings (SSSR count). The van der Waals surface area contributed by atoms with Gasteiger partial charge in [0.05, 0.1) is 0 Å². The Labute approximate surface area is 102 Å². The molecule has 2 N–H and O–H groups in total. The highest BCUT2D eigenvalue weighted by Crippen LogP contribution is 2.27. The van der Waals surface area contributed by atoms with Crippen molar-refractivity contribution in [2.45, 2.75) is 25.4 Å². The highest BCUT2D eigenvalue weighted by Gasteiger charge is 2.30. The van der Waals surface area contributed by atoms with Gasteiger partial charge in [-0.2, -0.15) is 0 Å². The predicted molar refractivity (Wildman–Crippen MR) is 68.5 cm³/mol. The van der Waals surface area contributed by atoms with Crippen LogP contribution in [0.4, 0.5) is 5.82 Å². The maximum atomic E-state index is 5.59. The van der Waals surface area contributed by atoms with E-state index in [4.69, 9.17) is 5.73 Å². The summed E-state index contributed by atoms with van der Waals surface area (Å²) in [5, 5.41) is 0. The Balaban J connectivity index is 1.51. The molecule has 1 aliphatic heterocycles. The lowest BCUT2D eigenvalue weighted by Crippen LogP contribution is -2.46. The number of nitrogens with two attached hydrogens (primary N) is 1. The third-order valence-corrected chi connectivity index (χ3v) is 3.72. The molecular weight excluding hydrogens is 212 g/mol. The first-order valence-corrected chi connectivity index (χ1v) is 6.48. The molecule has 4 heteroatoms. The van der Waals surface area contributed by atoms with Gasteiger partial charge < -0.3 is 5.73 Å². The molecular formula is C13H20N4. The van der Waals surface area contributed by atoms with Crippen molar-refractivity contribution in [2.24, 2.45) is 0 Å². The fourth-order valence-corrected chi connectivity index (χ4v) is 2.51. The van der Waals surface area contributed by atoms with E-state index in [-0.39, 0.29) is 0 Å². The van der Waals surface area contributed by atoms with Gasteiger partial charge in [0.2, 0.25) is 0 Å². The van der Waals surface area contributed by atoms with E-state index < -0.39 is 0 Å². The van der Waals surface area contributed by atoms with Crippen LogP contribution in [-0.4, -0.2) is 47.0 Å². The van der Waals surface area contributed by atoms with Crippen LogP contribution in [0.2, 0.25) is 0 Å². The van der Waals surface area contributed by atoms with Crippen LogP contribution < -0.4 is 5.73 Å². The molecule has 0 unspecified atom stereocenters. The minimum Gasteiger partial charge on any atom is -0.384 e. The van der Waals surface area contributed by atoms with Crippen molar-refractivity contribution in [1.29, 1.82) is 0 Å². The van der Waals surface area contributed by atoms with Gasteiger partial charge in [0.1, 0.15) is 5.82 Å². The second kappa shape index (κ2) is 4.63. The molecule has 92 valence electrons. The number of nitrogen functional groups attached to an aromatic ring is 1. The van der Waals surface area contributed by atoms with Crippen molar-refractivity contribution < 1.29 is 0 Å². The van der Waals surface area contributed by atoms with Crippen LogP contribution in [-0.2, 0) is 6.54 Å².